The minimum atomic E-state index is -1.06. The lowest BCUT2D eigenvalue weighted by Crippen LogP contribution is -2.32. The van der Waals surface area contributed by atoms with Crippen LogP contribution >= 0.6 is 0 Å². The summed E-state index contributed by atoms with van der Waals surface area (Å²) in [5.74, 6) is 1.58. The Morgan fingerprint density at radius 2 is 2.05 bits per heavy atom. The molecule has 1 saturated heterocycles. The van der Waals surface area contributed by atoms with Crippen LogP contribution in [0.1, 0.15) is 25.8 Å². The third-order valence-electron chi connectivity index (χ3n) is 3.47. The molecule has 0 radical (unpaired) electrons. The quantitative estimate of drug-likeness (QED) is 0.487. The van der Waals surface area contributed by atoms with Gasteiger partial charge in [0.1, 0.15) is 0 Å². The maximum absolute atomic E-state index is 11.6. The average molecular weight is 300 g/mol. The molecule has 0 aliphatic carbocycles. The lowest BCUT2D eigenvalue weighted by Gasteiger charge is -2.23. The van der Waals surface area contributed by atoms with Crippen LogP contribution in [0.5, 0.6) is 0 Å². The molecule has 2 rings (SSSR count). The molecule has 22 heavy (non-hydrogen) atoms. The molecular weight excluding hydrogens is 280 g/mol. The van der Waals surface area contributed by atoms with Crippen LogP contribution in [0.3, 0.4) is 0 Å². The fraction of sp³-hybridized carbons (Fsp3) is 0.389. The van der Waals surface area contributed by atoms with Gasteiger partial charge in [-0.15, -0.1) is 6.42 Å². The zero-order chi connectivity index (χ0) is 16.2. The van der Waals surface area contributed by atoms with E-state index in [1.807, 2.05) is 30.3 Å². The van der Waals surface area contributed by atoms with E-state index in [0.717, 1.165) is 5.56 Å². The highest BCUT2D eigenvalue weighted by atomic mass is 16.8. The summed E-state index contributed by atoms with van der Waals surface area (Å²) in [6, 6.07) is 9.95. The molecule has 1 aromatic carbocycles. The Balaban J connectivity index is 2.26. The van der Waals surface area contributed by atoms with Crippen LogP contribution in [-0.4, -0.2) is 24.5 Å². The van der Waals surface area contributed by atoms with Crippen molar-refractivity contribution in [3.8, 4) is 12.3 Å². The molecule has 116 valence electrons. The Morgan fingerprint density at radius 3 is 2.64 bits per heavy atom. The van der Waals surface area contributed by atoms with Crippen molar-refractivity contribution in [2.75, 3.05) is 7.11 Å². The second kappa shape index (κ2) is 6.25. The summed E-state index contributed by atoms with van der Waals surface area (Å²) in [5.41, 5.74) is 0.0796. The van der Waals surface area contributed by atoms with Crippen LogP contribution in [0.25, 0.3) is 0 Å². The van der Waals surface area contributed by atoms with Crippen LogP contribution in [0.4, 0.5) is 0 Å². The minimum Gasteiger partial charge on any atom is -0.466 e. The molecule has 0 amide bonds. The van der Waals surface area contributed by atoms with Gasteiger partial charge in [0.05, 0.1) is 13.2 Å². The topological polar surface area (TPSA) is 44.8 Å². The maximum atomic E-state index is 11.6. The Morgan fingerprint density at radius 1 is 1.36 bits per heavy atom. The number of hydrogen-bond donors (Lipinski definition) is 0. The Bertz CT molecular complexity index is 610. The molecule has 1 heterocycles. The van der Waals surface area contributed by atoms with Gasteiger partial charge in [-0.25, -0.2) is 4.79 Å². The number of terminal acetylenes is 1. The fourth-order valence-corrected chi connectivity index (χ4v) is 2.46. The highest BCUT2D eigenvalue weighted by molar-refractivity contribution is 5.83. The number of methoxy groups -OCH3 is 1. The number of benzene rings is 1. The molecular formula is C18H20O4. The van der Waals surface area contributed by atoms with Crippen molar-refractivity contribution in [1.29, 1.82) is 0 Å². The Hall–Kier alpha value is -2.25. The number of carbonyl (C=O) groups excluding carboxylic acids is 1. The maximum Gasteiger partial charge on any atom is 0.334 e. The van der Waals surface area contributed by atoms with E-state index < -0.39 is 17.4 Å². The monoisotopic (exact) mass is 300 g/mol. The number of ether oxygens (including phenoxy) is 3. The average Bonchev–Trinajstić information content (AvgIpc) is 2.77. The first-order chi connectivity index (χ1) is 10.4. The number of hydrogen-bond acceptors (Lipinski definition) is 4. The van der Waals surface area contributed by atoms with Crippen molar-refractivity contribution in [3.05, 3.63) is 47.7 Å². The summed E-state index contributed by atoms with van der Waals surface area (Å²) in [6.45, 7) is 3.53. The largest absolute Gasteiger partial charge is 0.466 e. The smallest absolute Gasteiger partial charge is 0.334 e. The van der Waals surface area contributed by atoms with Gasteiger partial charge in [0.2, 0.25) is 5.79 Å². The zero-order valence-electron chi connectivity index (χ0n) is 13.1. The molecule has 0 N–H and O–H groups in total. The lowest BCUT2D eigenvalue weighted by atomic mass is 9.93. The van der Waals surface area contributed by atoms with E-state index in [1.54, 1.807) is 13.8 Å². The second-order valence-corrected chi connectivity index (χ2v) is 5.59. The van der Waals surface area contributed by atoms with Gasteiger partial charge < -0.3 is 14.2 Å². The van der Waals surface area contributed by atoms with Gasteiger partial charge in [-0.1, -0.05) is 36.3 Å². The summed E-state index contributed by atoms with van der Waals surface area (Å²) < 4.78 is 16.3. The number of aryl methyl sites for hydroxylation is 1. The van der Waals surface area contributed by atoms with Gasteiger partial charge in [-0.2, -0.15) is 0 Å². The Kier molecular flexibility index (Phi) is 4.58. The van der Waals surface area contributed by atoms with Crippen molar-refractivity contribution in [2.45, 2.75) is 38.1 Å². The van der Waals surface area contributed by atoms with Gasteiger partial charge in [0.15, 0.2) is 11.4 Å². The van der Waals surface area contributed by atoms with Gasteiger partial charge in [0, 0.05) is 13.8 Å². The fourth-order valence-electron chi connectivity index (χ4n) is 2.46. The first-order valence-corrected chi connectivity index (χ1v) is 7.12. The van der Waals surface area contributed by atoms with E-state index >= 15 is 0 Å². The molecule has 0 spiro atoms. The normalized spacial score (nSPS) is 24.5. The summed E-state index contributed by atoms with van der Waals surface area (Å²) in [5, 5.41) is 0. The zero-order valence-corrected chi connectivity index (χ0v) is 13.1. The van der Waals surface area contributed by atoms with Crippen LogP contribution in [0.2, 0.25) is 0 Å². The van der Waals surface area contributed by atoms with Gasteiger partial charge >= 0.3 is 5.97 Å². The molecule has 1 unspecified atom stereocenters. The molecule has 4 heteroatoms. The number of rotatable bonds is 4. The summed E-state index contributed by atoms with van der Waals surface area (Å²) >= 11 is 0. The van der Waals surface area contributed by atoms with E-state index in [0.29, 0.717) is 18.6 Å². The molecule has 0 aromatic heterocycles. The summed E-state index contributed by atoms with van der Waals surface area (Å²) in [7, 11) is 1.31. The molecule has 1 aliphatic heterocycles. The van der Waals surface area contributed by atoms with Crippen molar-refractivity contribution >= 4 is 5.97 Å². The molecule has 1 atom stereocenters. The van der Waals surface area contributed by atoms with Crippen molar-refractivity contribution < 1.29 is 19.0 Å². The van der Waals surface area contributed by atoms with Gasteiger partial charge in [-0.05, 0) is 18.4 Å². The molecule has 0 saturated carbocycles. The number of carbonyl (C=O) groups is 1. The van der Waals surface area contributed by atoms with Crippen molar-refractivity contribution in [2.24, 2.45) is 0 Å². The molecule has 1 aliphatic rings. The SMILES string of the molecule is C#CC1(CCc2ccccc2)OC(C)(C)O/C1=C\C(=O)OC. The van der Waals surface area contributed by atoms with Crippen LogP contribution in [0, 0.1) is 12.3 Å². The highest BCUT2D eigenvalue weighted by Crippen LogP contribution is 2.41. The molecule has 1 fully saturated rings. The van der Waals surface area contributed by atoms with Crippen LogP contribution < -0.4 is 0 Å². The van der Waals surface area contributed by atoms with Gasteiger partial charge in [-0.3, -0.25) is 0 Å². The number of esters is 1. The van der Waals surface area contributed by atoms with E-state index in [2.05, 4.69) is 10.7 Å². The molecule has 4 nitrogen and oxygen atoms in total. The van der Waals surface area contributed by atoms with E-state index in [9.17, 15) is 4.79 Å². The van der Waals surface area contributed by atoms with Crippen molar-refractivity contribution in [3.63, 3.8) is 0 Å². The van der Waals surface area contributed by atoms with Crippen LogP contribution in [-0.2, 0) is 25.4 Å². The van der Waals surface area contributed by atoms with Crippen LogP contribution in [0.15, 0.2) is 42.2 Å². The third kappa shape index (κ3) is 3.49. The minimum absolute atomic E-state index is 0.322. The lowest BCUT2D eigenvalue weighted by molar-refractivity contribution is -0.147. The molecule has 0 bridgehead atoms. The van der Waals surface area contributed by atoms with E-state index in [-0.39, 0.29) is 0 Å². The molecule has 1 aromatic rings. The second-order valence-electron chi connectivity index (χ2n) is 5.59. The summed E-state index contributed by atoms with van der Waals surface area (Å²) in [4.78, 5) is 11.6. The first-order valence-electron chi connectivity index (χ1n) is 7.12. The predicted molar refractivity (Wildman–Crippen MR) is 82.7 cm³/mol. The Labute approximate surface area is 131 Å². The standard InChI is InChI=1S/C18H20O4/c1-5-18(12-11-14-9-7-6-8-10-14)15(13-16(19)20-4)21-17(2,3)22-18/h1,6-10,13H,11-12H2,2-4H3/b15-13-. The highest BCUT2D eigenvalue weighted by Gasteiger charge is 2.49. The summed E-state index contributed by atoms with van der Waals surface area (Å²) in [6.07, 6.45) is 8.20. The predicted octanol–water partition coefficient (Wildman–Crippen LogP) is 2.83. The van der Waals surface area contributed by atoms with Gasteiger partial charge in [0.25, 0.3) is 0 Å². The first kappa shape index (κ1) is 16.1. The van der Waals surface area contributed by atoms with Crippen molar-refractivity contribution in [1.82, 2.24) is 0 Å². The third-order valence-corrected chi connectivity index (χ3v) is 3.47. The van der Waals surface area contributed by atoms with E-state index in [4.69, 9.17) is 15.9 Å². The van der Waals surface area contributed by atoms with E-state index in [1.165, 1.54) is 13.2 Å².